The van der Waals surface area contributed by atoms with E-state index in [-0.39, 0.29) is 0 Å². The fourth-order valence-electron chi connectivity index (χ4n) is 0.985. The minimum Gasteiger partial charge on any atom is -0.356 e. The Balaban J connectivity index is 2.21. The molecule has 0 aromatic heterocycles. The molecule has 1 aliphatic rings. The van der Waals surface area contributed by atoms with Crippen molar-refractivity contribution in [2.45, 2.75) is 19.8 Å². The predicted octanol–water partition coefficient (Wildman–Crippen LogP) is 0.891. The third-order valence-electron chi connectivity index (χ3n) is 1.90. The van der Waals surface area contributed by atoms with Crippen molar-refractivity contribution in [1.82, 2.24) is 10.6 Å². The van der Waals surface area contributed by atoms with Crippen molar-refractivity contribution < 1.29 is 0 Å². The number of guanidine groups is 1. The van der Waals surface area contributed by atoms with Gasteiger partial charge in [0.15, 0.2) is 5.96 Å². The molecule has 0 amide bonds. The fourth-order valence-corrected chi connectivity index (χ4v) is 0.985. The Morgan fingerprint density at radius 2 is 2.58 bits per heavy atom. The Labute approximate surface area is 74.0 Å². The van der Waals surface area contributed by atoms with E-state index in [1.54, 1.807) is 0 Å². The summed E-state index contributed by atoms with van der Waals surface area (Å²) in [5, 5.41) is 6.41. The van der Waals surface area contributed by atoms with Crippen molar-refractivity contribution in [3.63, 3.8) is 0 Å². The molecule has 0 radical (unpaired) electrons. The fraction of sp³-hybridized carbons (Fsp3) is 0.667. The molecule has 68 valence electrons. The van der Waals surface area contributed by atoms with E-state index >= 15 is 0 Å². The lowest BCUT2D eigenvalue weighted by Crippen LogP contribution is -2.41. The van der Waals surface area contributed by atoms with Crippen LogP contribution in [0.3, 0.4) is 0 Å². The summed E-state index contributed by atoms with van der Waals surface area (Å²) in [5.41, 5.74) is 1.21. The quantitative estimate of drug-likeness (QED) is 0.612. The van der Waals surface area contributed by atoms with E-state index in [9.17, 15) is 0 Å². The molecule has 0 saturated carbocycles. The van der Waals surface area contributed by atoms with Crippen molar-refractivity contribution in [1.29, 1.82) is 0 Å². The summed E-state index contributed by atoms with van der Waals surface area (Å²) >= 11 is 0. The van der Waals surface area contributed by atoms with E-state index < -0.39 is 0 Å². The van der Waals surface area contributed by atoms with Gasteiger partial charge in [-0.05, 0) is 12.8 Å². The molecule has 1 aliphatic heterocycles. The van der Waals surface area contributed by atoms with Gasteiger partial charge in [-0.25, -0.2) is 0 Å². The van der Waals surface area contributed by atoms with Crippen LogP contribution in [0.4, 0.5) is 0 Å². The first-order valence-corrected chi connectivity index (χ1v) is 4.51. The first-order chi connectivity index (χ1) is 5.83. The summed E-state index contributed by atoms with van der Waals surface area (Å²) in [6.45, 7) is 8.83. The average molecular weight is 167 g/mol. The van der Waals surface area contributed by atoms with Crippen LogP contribution in [0.5, 0.6) is 0 Å². The molecule has 0 unspecified atom stereocenters. The van der Waals surface area contributed by atoms with Crippen LogP contribution in [0.25, 0.3) is 0 Å². The monoisotopic (exact) mass is 167 g/mol. The maximum atomic E-state index is 4.29. The molecular formula is C9H17N3. The van der Waals surface area contributed by atoms with Gasteiger partial charge >= 0.3 is 0 Å². The molecule has 12 heavy (non-hydrogen) atoms. The highest BCUT2D eigenvalue weighted by atomic mass is 15.2. The van der Waals surface area contributed by atoms with Gasteiger partial charge < -0.3 is 10.6 Å². The SMILES string of the molecule is C=C(CC)CNC1=NCCCN1. The standard InChI is InChI=1S/C9H17N3/c1-3-8(2)7-12-9-10-5-4-6-11-9/h2-7H2,1H3,(H2,10,11,12). The van der Waals surface area contributed by atoms with E-state index in [4.69, 9.17) is 0 Å². The Bertz CT molecular complexity index is 184. The Morgan fingerprint density at radius 3 is 3.17 bits per heavy atom. The lowest BCUT2D eigenvalue weighted by Gasteiger charge is -2.16. The second-order valence-electron chi connectivity index (χ2n) is 2.97. The van der Waals surface area contributed by atoms with Crippen LogP contribution in [-0.4, -0.2) is 25.6 Å². The molecule has 1 rings (SSSR count). The molecule has 2 N–H and O–H groups in total. The van der Waals surface area contributed by atoms with Crippen molar-refractivity contribution >= 4 is 5.96 Å². The second-order valence-corrected chi connectivity index (χ2v) is 2.97. The molecule has 0 fully saturated rings. The van der Waals surface area contributed by atoms with Crippen molar-refractivity contribution in [2.75, 3.05) is 19.6 Å². The van der Waals surface area contributed by atoms with Crippen LogP contribution >= 0.6 is 0 Å². The number of nitrogens with one attached hydrogen (secondary N) is 2. The maximum Gasteiger partial charge on any atom is 0.191 e. The second kappa shape index (κ2) is 4.80. The highest BCUT2D eigenvalue weighted by molar-refractivity contribution is 5.80. The maximum absolute atomic E-state index is 4.29. The van der Waals surface area contributed by atoms with Gasteiger partial charge in [-0.1, -0.05) is 19.1 Å². The van der Waals surface area contributed by atoms with E-state index in [0.29, 0.717) is 0 Å². The van der Waals surface area contributed by atoms with Crippen molar-refractivity contribution in [3.05, 3.63) is 12.2 Å². The first-order valence-electron chi connectivity index (χ1n) is 4.51. The van der Waals surface area contributed by atoms with Crippen LogP contribution in [0.2, 0.25) is 0 Å². The van der Waals surface area contributed by atoms with Gasteiger partial charge in [0.2, 0.25) is 0 Å². The van der Waals surface area contributed by atoms with Gasteiger partial charge in [-0.3, -0.25) is 4.99 Å². The van der Waals surface area contributed by atoms with Gasteiger partial charge in [0.05, 0.1) is 0 Å². The van der Waals surface area contributed by atoms with Crippen molar-refractivity contribution in [2.24, 2.45) is 4.99 Å². The molecule has 0 atom stereocenters. The third-order valence-corrected chi connectivity index (χ3v) is 1.90. The van der Waals surface area contributed by atoms with Crippen LogP contribution < -0.4 is 10.6 Å². The lowest BCUT2D eigenvalue weighted by atomic mass is 10.2. The molecule has 1 heterocycles. The first kappa shape index (κ1) is 9.10. The molecule has 0 aromatic rings. The minimum atomic E-state index is 0.836. The zero-order valence-corrected chi connectivity index (χ0v) is 7.69. The molecule has 3 heteroatoms. The summed E-state index contributed by atoms with van der Waals surface area (Å²) in [7, 11) is 0. The lowest BCUT2D eigenvalue weighted by molar-refractivity contribution is 0.709. The van der Waals surface area contributed by atoms with Crippen LogP contribution in [0, 0.1) is 0 Å². The zero-order chi connectivity index (χ0) is 8.81. The number of nitrogens with zero attached hydrogens (tertiary/aromatic N) is 1. The van der Waals surface area contributed by atoms with Gasteiger partial charge in [0.1, 0.15) is 0 Å². The third kappa shape index (κ3) is 2.95. The molecule has 0 spiro atoms. The smallest absolute Gasteiger partial charge is 0.191 e. The molecule has 0 bridgehead atoms. The average Bonchev–Trinajstić information content (AvgIpc) is 2.16. The summed E-state index contributed by atoms with van der Waals surface area (Å²) in [5.74, 6) is 0.927. The van der Waals surface area contributed by atoms with Crippen LogP contribution in [0.15, 0.2) is 17.1 Å². The summed E-state index contributed by atoms with van der Waals surface area (Å²) in [4.78, 5) is 4.29. The largest absolute Gasteiger partial charge is 0.356 e. The minimum absolute atomic E-state index is 0.836. The summed E-state index contributed by atoms with van der Waals surface area (Å²) in [6.07, 6.45) is 2.17. The van der Waals surface area contributed by atoms with Crippen LogP contribution in [0.1, 0.15) is 19.8 Å². The zero-order valence-electron chi connectivity index (χ0n) is 7.69. The van der Waals surface area contributed by atoms with Crippen LogP contribution in [-0.2, 0) is 0 Å². The van der Waals surface area contributed by atoms with E-state index in [1.165, 1.54) is 5.57 Å². The topological polar surface area (TPSA) is 36.4 Å². The summed E-state index contributed by atoms with van der Waals surface area (Å²) < 4.78 is 0. The predicted molar refractivity (Wildman–Crippen MR) is 52.4 cm³/mol. The summed E-state index contributed by atoms with van der Waals surface area (Å²) in [6, 6.07) is 0. The van der Waals surface area contributed by atoms with Gasteiger partial charge in [0, 0.05) is 19.6 Å². The van der Waals surface area contributed by atoms with Crippen molar-refractivity contribution in [3.8, 4) is 0 Å². The molecule has 0 aromatic carbocycles. The van der Waals surface area contributed by atoms with E-state index in [2.05, 4.69) is 29.1 Å². The number of hydrogen-bond acceptors (Lipinski definition) is 3. The molecular weight excluding hydrogens is 150 g/mol. The number of hydrogen-bond donors (Lipinski definition) is 2. The number of rotatable bonds is 3. The van der Waals surface area contributed by atoms with Gasteiger partial charge in [0.25, 0.3) is 0 Å². The Hall–Kier alpha value is -0.990. The normalized spacial score (nSPS) is 16.2. The highest BCUT2D eigenvalue weighted by Gasteiger charge is 2.01. The Kier molecular flexibility index (Phi) is 3.64. The molecule has 0 aliphatic carbocycles. The molecule has 3 nitrogen and oxygen atoms in total. The van der Waals surface area contributed by atoms with E-state index in [1.807, 2.05) is 0 Å². The van der Waals surface area contributed by atoms with E-state index in [0.717, 1.165) is 38.4 Å². The Morgan fingerprint density at radius 1 is 1.75 bits per heavy atom. The number of aliphatic imine (C=N–C) groups is 1. The molecule has 0 saturated heterocycles. The van der Waals surface area contributed by atoms with Gasteiger partial charge in [-0.15, -0.1) is 0 Å². The highest BCUT2D eigenvalue weighted by Crippen LogP contribution is 1.93. The van der Waals surface area contributed by atoms with Gasteiger partial charge in [-0.2, -0.15) is 0 Å².